The van der Waals surface area contributed by atoms with Gasteiger partial charge in [-0.1, -0.05) is 0 Å². The number of ether oxygens (including phenoxy) is 1. The maximum atomic E-state index is 13.1. The first kappa shape index (κ1) is 25.3. The summed E-state index contributed by atoms with van der Waals surface area (Å²) < 4.78 is 18.7. The number of aliphatic hydroxyl groups is 2. The number of primary amides is 2. The molecule has 11 heteroatoms. The molecule has 0 fully saturated rings. The minimum Gasteiger partial charge on any atom is -0.457 e. The second kappa shape index (κ2) is 11.2. The third-order valence-electron chi connectivity index (χ3n) is 4.89. The largest absolute Gasteiger partial charge is 0.457 e. The van der Waals surface area contributed by atoms with Crippen molar-refractivity contribution in [1.29, 1.82) is 0 Å². The number of carbonyl (C=O) groups excluding carboxylic acids is 3. The molecular formula is C24H23FN4O6. The second-order valence-corrected chi connectivity index (χ2v) is 7.55. The van der Waals surface area contributed by atoms with Crippen LogP contribution in [0.4, 0.5) is 4.39 Å². The number of aromatic nitrogens is 1. The van der Waals surface area contributed by atoms with Gasteiger partial charge in [-0.2, -0.15) is 0 Å². The van der Waals surface area contributed by atoms with Crippen molar-refractivity contribution in [2.45, 2.75) is 18.6 Å². The van der Waals surface area contributed by atoms with Gasteiger partial charge in [-0.05, 0) is 66.2 Å². The van der Waals surface area contributed by atoms with Crippen LogP contribution in [-0.4, -0.2) is 45.6 Å². The summed E-state index contributed by atoms with van der Waals surface area (Å²) in [5, 5.41) is 21.8. The molecule has 0 aliphatic heterocycles. The van der Waals surface area contributed by atoms with Gasteiger partial charge in [-0.3, -0.25) is 14.4 Å². The highest BCUT2D eigenvalue weighted by atomic mass is 19.1. The maximum absolute atomic E-state index is 13.1. The van der Waals surface area contributed by atoms with Crippen LogP contribution in [0.15, 0.2) is 60.7 Å². The lowest BCUT2D eigenvalue weighted by atomic mass is 10.0. The van der Waals surface area contributed by atoms with Gasteiger partial charge in [-0.25, -0.2) is 9.37 Å². The Kier molecular flexibility index (Phi) is 8.08. The molecule has 3 amide bonds. The zero-order valence-corrected chi connectivity index (χ0v) is 18.3. The maximum Gasteiger partial charge on any atom is 0.270 e. The fourth-order valence-corrected chi connectivity index (χ4v) is 3.10. The van der Waals surface area contributed by atoms with Crippen LogP contribution in [0, 0.1) is 5.82 Å². The van der Waals surface area contributed by atoms with Crippen molar-refractivity contribution in [2.24, 2.45) is 11.5 Å². The van der Waals surface area contributed by atoms with Crippen molar-refractivity contribution < 1.29 is 33.7 Å². The number of nitrogens with one attached hydrogen (secondary N) is 1. The molecule has 1 aromatic heterocycles. The molecule has 182 valence electrons. The third-order valence-corrected chi connectivity index (χ3v) is 4.89. The van der Waals surface area contributed by atoms with Crippen molar-refractivity contribution in [3.8, 4) is 22.8 Å². The Labute approximate surface area is 199 Å². The predicted octanol–water partition coefficient (Wildman–Crippen LogP) is 1.16. The highest BCUT2D eigenvalue weighted by molar-refractivity contribution is 5.97. The van der Waals surface area contributed by atoms with Gasteiger partial charge in [0.15, 0.2) is 0 Å². The number of halogens is 1. The van der Waals surface area contributed by atoms with Crippen LogP contribution in [0.3, 0.4) is 0 Å². The Morgan fingerprint density at radius 2 is 1.60 bits per heavy atom. The van der Waals surface area contributed by atoms with Crippen LogP contribution in [0.2, 0.25) is 0 Å². The number of hydrogen-bond acceptors (Lipinski definition) is 7. The van der Waals surface area contributed by atoms with E-state index in [-0.39, 0.29) is 22.8 Å². The van der Waals surface area contributed by atoms with Gasteiger partial charge in [0.05, 0.1) is 18.7 Å². The van der Waals surface area contributed by atoms with Gasteiger partial charge >= 0.3 is 0 Å². The average molecular weight is 482 g/mol. The van der Waals surface area contributed by atoms with Crippen LogP contribution in [0.5, 0.6) is 11.5 Å². The second-order valence-electron chi connectivity index (χ2n) is 7.55. The summed E-state index contributed by atoms with van der Waals surface area (Å²) in [7, 11) is 0. The van der Waals surface area contributed by atoms with E-state index < -0.39 is 42.9 Å². The van der Waals surface area contributed by atoms with E-state index in [0.29, 0.717) is 17.1 Å². The first-order valence-electron chi connectivity index (χ1n) is 10.4. The Hall–Kier alpha value is -4.35. The predicted molar refractivity (Wildman–Crippen MR) is 122 cm³/mol. The number of carbonyl (C=O) groups is 3. The summed E-state index contributed by atoms with van der Waals surface area (Å²) in [5.41, 5.74) is 11.1. The van der Waals surface area contributed by atoms with Crippen molar-refractivity contribution in [3.63, 3.8) is 0 Å². The van der Waals surface area contributed by atoms with Crippen LogP contribution < -0.4 is 21.5 Å². The first-order chi connectivity index (χ1) is 16.7. The number of aliphatic hydroxyl groups excluding tert-OH is 2. The van der Waals surface area contributed by atoms with E-state index in [2.05, 4.69) is 10.3 Å². The number of pyridine rings is 1. The normalized spacial score (nSPS) is 12.4. The molecule has 1 heterocycles. The lowest BCUT2D eigenvalue weighted by Crippen LogP contribution is -2.46. The Morgan fingerprint density at radius 3 is 2.14 bits per heavy atom. The Balaban J connectivity index is 1.89. The highest BCUT2D eigenvalue weighted by Crippen LogP contribution is 2.27. The molecule has 0 bridgehead atoms. The lowest BCUT2D eigenvalue weighted by Gasteiger charge is -2.16. The van der Waals surface area contributed by atoms with E-state index in [1.54, 1.807) is 24.3 Å². The fourth-order valence-electron chi connectivity index (χ4n) is 3.10. The molecule has 0 saturated carbocycles. The van der Waals surface area contributed by atoms with E-state index in [0.717, 1.165) is 0 Å². The standard InChI is InChI=1S/C24H23FN4O6/c25-15-3-7-17(8-4-15)35-16-5-1-13(2-6-16)18-9-14(21(31)12-30)10-20(28-18)24(34)29-19(23(27)33)11-22(26)32/h1-10,19,21,30-31H,11-12H2,(H2,26,32)(H2,27,33)(H,29,34)/t19-,21-/m0/s1. The molecular weight excluding hydrogens is 459 g/mol. The van der Waals surface area contributed by atoms with Gasteiger partial charge < -0.3 is 31.7 Å². The van der Waals surface area contributed by atoms with Crippen LogP contribution in [-0.2, 0) is 9.59 Å². The van der Waals surface area contributed by atoms with E-state index in [1.165, 1.54) is 36.4 Å². The van der Waals surface area contributed by atoms with Crippen molar-refractivity contribution in [3.05, 3.63) is 77.7 Å². The van der Waals surface area contributed by atoms with Gasteiger partial charge in [0.1, 0.15) is 35.2 Å². The molecule has 3 aromatic rings. The summed E-state index contributed by atoms with van der Waals surface area (Å²) in [5.74, 6) is -2.12. The number of nitrogens with zero attached hydrogens (tertiary/aromatic N) is 1. The summed E-state index contributed by atoms with van der Waals surface area (Å²) in [4.78, 5) is 39.8. The summed E-state index contributed by atoms with van der Waals surface area (Å²) >= 11 is 0. The number of rotatable bonds is 10. The third kappa shape index (κ3) is 6.82. The van der Waals surface area contributed by atoms with Gasteiger partial charge in [0.25, 0.3) is 5.91 Å². The van der Waals surface area contributed by atoms with Crippen LogP contribution in [0.25, 0.3) is 11.3 Å². The molecule has 2 aromatic carbocycles. The average Bonchev–Trinajstić information content (AvgIpc) is 2.84. The van der Waals surface area contributed by atoms with Gasteiger partial charge in [0, 0.05) is 5.56 Å². The van der Waals surface area contributed by atoms with E-state index in [9.17, 15) is 29.0 Å². The monoisotopic (exact) mass is 482 g/mol. The smallest absolute Gasteiger partial charge is 0.270 e. The summed E-state index contributed by atoms with van der Waals surface area (Å²) in [6.07, 6.45) is -1.80. The SMILES string of the molecule is NC(=O)C[C@H](NC(=O)c1cc([C@@H](O)CO)cc(-c2ccc(Oc3ccc(F)cc3)cc2)n1)C(N)=O. The molecule has 0 aliphatic carbocycles. The topological polar surface area (TPSA) is 178 Å². The summed E-state index contributed by atoms with van der Waals surface area (Å²) in [6.45, 7) is -0.611. The quantitative estimate of drug-likeness (QED) is 0.288. The lowest BCUT2D eigenvalue weighted by molar-refractivity contribution is -0.124. The zero-order chi connectivity index (χ0) is 25.5. The molecule has 0 aliphatic rings. The molecule has 10 nitrogen and oxygen atoms in total. The van der Waals surface area contributed by atoms with E-state index in [4.69, 9.17) is 16.2 Å². The van der Waals surface area contributed by atoms with Gasteiger partial charge in [0.2, 0.25) is 11.8 Å². The molecule has 0 radical (unpaired) electrons. The molecule has 7 N–H and O–H groups in total. The Morgan fingerprint density at radius 1 is 1.00 bits per heavy atom. The van der Waals surface area contributed by atoms with Crippen LogP contribution in [0.1, 0.15) is 28.6 Å². The van der Waals surface area contributed by atoms with Crippen molar-refractivity contribution in [2.75, 3.05) is 6.61 Å². The molecule has 0 spiro atoms. The van der Waals surface area contributed by atoms with Gasteiger partial charge in [-0.15, -0.1) is 0 Å². The van der Waals surface area contributed by atoms with Crippen molar-refractivity contribution >= 4 is 17.7 Å². The molecule has 35 heavy (non-hydrogen) atoms. The Bertz CT molecular complexity index is 1220. The zero-order valence-electron chi connectivity index (χ0n) is 18.3. The number of amides is 3. The number of hydrogen-bond donors (Lipinski definition) is 5. The molecule has 3 rings (SSSR count). The molecule has 0 unspecified atom stereocenters. The summed E-state index contributed by atoms with van der Waals surface area (Å²) in [6, 6.07) is 13.4. The first-order valence-corrected chi connectivity index (χ1v) is 10.4. The highest BCUT2D eigenvalue weighted by Gasteiger charge is 2.23. The number of benzene rings is 2. The van der Waals surface area contributed by atoms with E-state index in [1.807, 2.05) is 0 Å². The minimum atomic E-state index is -1.35. The van der Waals surface area contributed by atoms with Crippen LogP contribution >= 0.6 is 0 Å². The van der Waals surface area contributed by atoms with E-state index >= 15 is 0 Å². The molecule has 2 atom stereocenters. The fraction of sp³-hybridized carbons (Fsp3) is 0.167. The number of nitrogens with two attached hydrogens (primary N) is 2. The van der Waals surface area contributed by atoms with Crippen molar-refractivity contribution in [1.82, 2.24) is 10.3 Å². The minimum absolute atomic E-state index is 0.188. The molecule has 0 saturated heterocycles.